The predicted molar refractivity (Wildman–Crippen MR) is 117 cm³/mol. The van der Waals surface area contributed by atoms with Gasteiger partial charge in [0.25, 0.3) is 0 Å². The van der Waals surface area contributed by atoms with Gasteiger partial charge >= 0.3 is 0 Å². The molecule has 1 aliphatic rings. The van der Waals surface area contributed by atoms with E-state index >= 15 is 0 Å². The number of carbonyl (C=O) groups excluding carboxylic acids is 1. The summed E-state index contributed by atoms with van der Waals surface area (Å²) < 4.78 is 26.1. The van der Waals surface area contributed by atoms with Crippen LogP contribution in [0.4, 0.5) is 15.8 Å². The van der Waals surface area contributed by atoms with Gasteiger partial charge in [-0.15, -0.1) is 0 Å². The monoisotopic (exact) mass is 416 g/mol. The topological polar surface area (TPSA) is 55.4 Å². The fraction of sp³-hybridized carbons (Fsp3) is 0.435. The summed E-state index contributed by atoms with van der Waals surface area (Å²) in [5, 5.41) is 3.06. The number of nitrogens with one attached hydrogen (secondary N) is 1. The van der Waals surface area contributed by atoms with Crippen molar-refractivity contribution in [3.8, 4) is 0 Å². The third kappa shape index (κ3) is 5.31. The van der Waals surface area contributed by atoms with E-state index in [9.17, 15) is 13.7 Å². The fourth-order valence-electron chi connectivity index (χ4n) is 3.66. The maximum Gasteiger partial charge on any atom is 0.224 e. The van der Waals surface area contributed by atoms with Crippen molar-refractivity contribution in [2.75, 3.05) is 22.5 Å². The molecule has 6 heteroatoms. The minimum absolute atomic E-state index is 0.0116. The van der Waals surface area contributed by atoms with E-state index in [1.807, 2.05) is 34.6 Å². The number of amides is 1. The molecule has 0 fully saturated rings. The summed E-state index contributed by atoms with van der Waals surface area (Å²) in [7, 11) is 0. The zero-order valence-electron chi connectivity index (χ0n) is 17.8. The summed E-state index contributed by atoms with van der Waals surface area (Å²) in [4.78, 5) is 15.1. The van der Waals surface area contributed by atoms with Gasteiger partial charge in [0.05, 0.1) is 6.54 Å². The number of hydrogen-bond donors (Lipinski definition) is 1. The van der Waals surface area contributed by atoms with Gasteiger partial charge in [0.2, 0.25) is 5.91 Å². The van der Waals surface area contributed by atoms with Crippen LogP contribution in [0.1, 0.15) is 43.9 Å². The molecule has 1 N–H and O–H groups in total. The van der Waals surface area contributed by atoms with E-state index in [2.05, 4.69) is 22.3 Å². The first-order valence-electron chi connectivity index (χ1n) is 9.86. The Labute approximate surface area is 175 Å². The van der Waals surface area contributed by atoms with E-state index in [0.717, 1.165) is 28.1 Å². The van der Waals surface area contributed by atoms with Crippen LogP contribution in [-0.4, -0.2) is 22.8 Å². The molecule has 2 aromatic rings. The molecule has 0 aliphatic carbocycles. The van der Waals surface area contributed by atoms with E-state index in [-0.39, 0.29) is 17.1 Å². The smallest absolute Gasteiger partial charge is 0.224 e. The molecule has 3 rings (SSSR count). The summed E-state index contributed by atoms with van der Waals surface area (Å²) in [5.41, 5.74) is 4.67. The van der Waals surface area contributed by atoms with Crippen molar-refractivity contribution in [2.45, 2.75) is 52.5 Å². The van der Waals surface area contributed by atoms with E-state index in [1.54, 1.807) is 6.07 Å². The number of rotatable bonds is 3. The van der Waals surface area contributed by atoms with Gasteiger partial charge in [-0.1, -0.05) is 20.8 Å². The van der Waals surface area contributed by atoms with Gasteiger partial charge < -0.3 is 14.8 Å². The lowest BCUT2D eigenvalue weighted by Gasteiger charge is -2.25. The van der Waals surface area contributed by atoms with Crippen LogP contribution in [0.5, 0.6) is 0 Å². The maximum atomic E-state index is 13.6. The zero-order chi connectivity index (χ0) is 21.3. The molecule has 4 nitrogen and oxygen atoms in total. The predicted octanol–water partition coefficient (Wildman–Crippen LogP) is 4.95. The number of anilines is 2. The molecule has 1 unspecified atom stereocenters. The molecule has 0 radical (unpaired) electrons. The second kappa shape index (κ2) is 8.36. The molecule has 156 valence electrons. The number of carbonyl (C=O) groups is 1. The van der Waals surface area contributed by atoms with Gasteiger partial charge in [-0.05, 0) is 65.8 Å². The number of benzene rings is 2. The van der Waals surface area contributed by atoms with E-state index in [4.69, 9.17) is 0 Å². The Morgan fingerprint density at radius 2 is 1.86 bits per heavy atom. The number of nitrogens with zero attached hydrogens (tertiary/aromatic N) is 1. The van der Waals surface area contributed by atoms with E-state index in [0.29, 0.717) is 30.2 Å². The zero-order valence-corrected chi connectivity index (χ0v) is 18.6. The summed E-state index contributed by atoms with van der Waals surface area (Å²) >= 11 is -1.21. The summed E-state index contributed by atoms with van der Waals surface area (Å²) in [6.07, 6.45) is 0.457. The molecule has 0 saturated carbocycles. The van der Waals surface area contributed by atoms with Gasteiger partial charge in [-0.3, -0.25) is 4.79 Å². The second-order valence-corrected chi connectivity index (χ2v) is 10.5. The normalized spacial score (nSPS) is 16.9. The van der Waals surface area contributed by atoms with Crippen LogP contribution in [0.15, 0.2) is 35.2 Å². The Hall–Kier alpha value is -2.05. The molecule has 1 heterocycles. The molecule has 1 atom stereocenters. The van der Waals surface area contributed by atoms with Crippen LogP contribution in [0.25, 0.3) is 0 Å². The van der Waals surface area contributed by atoms with Gasteiger partial charge in [0, 0.05) is 36.0 Å². The molecule has 2 aromatic carbocycles. The van der Waals surface area contributed by atoms with Crippen LogP contribution in [-0.2, 0) is 22.5 Å². The van der Waals surface area contributed by atoms with Gasteiger partial charge in [0.15, 0.2) is 4.90 Å². The Bertz CT molecular complexity index is 901. The standard InChI is InChI=1S/C23H29FN2O2S/c1-15-10-19(11-16(2)22(15)25-21(27)13-23(3,4)5)26-8-9-29(28)20-12-18(24)7-6-17(20)14-26/h6-7,10-12H,8-9,13-14H2,1-5H3,(H,25,27). The minimum Gasteiger partial charge on any atom is -0.611 e. The van der Waals surface area contributed by atoms with E-state index < -0.39 is 11.2 Å². The highest BCUT2D eigenvalue weighted by Crippen LogP contribution is 2.32. The molecule has 0 bridgehead atoms. The first-order valence-corrected chi connectivity index (χ1v) is 11.2. The first-order chi connectivity index (χ1) is 13.5. The highest BCUT2D eigenvalue weighted by molar-refractivity contribution is 7.91. The average Bonchev–Trinajstić information content (AvgIpc) is 2.76. The van der Waals surface area contributed by atoms with Crippen LogP contribution in [0, 0.1) is 25.1 Å². The second-order valence-electron chi connectivity index (χ2n) is 8.96. The Kier molecular flexibility index (Phi) is 6.24. The lowest BCUT2D eigenvalue weighted by atomic mass is 9.92. The van der Waals surface area contributed by atoms with Crippen LogP contribution >= 0.6 is 0 Å². The highest BCUT2D eigenvalue weighted by atomic mass is 32.2. The highest BCUT2D eigenvalue weighted by Gasteiger charge is 2.25. The SMILES string of the molecule is Cc1cc(N2CC[S+]([O-])c3cc(F)ccc3C2)cc(C)c1NC(=O)CC(C)(C)C. The quantitative estimate of drug-likeness (QED) is 0.721. The molecule has 0 saturated heterocycles. The summed E-state index contributed by atoms with van der Waals surface area (Å²) in [6, 6.07) is 8.64. The van der Waals surface area contributed by atoms with Gasteiger partial charge in [-0.2, -0.15) is 0 Å². The van der Waals surface area contributed by atoms with Crippen molar-refractivity contribution in [1.82, 2.24) is 0 Å². The van der Waals surface area contributed by atoms with Crippen molar-refractivity contribution in [3.63, 3.8) is 0 Å². The molecule has 0 spiro atoms. The molecule has 1 aliphatic heterocycles. The Balaban J connectivity index is 1.85. The Morgan fingerprint density at radius 1 is 1.21 bits per heavy atom. The van der Waals surface area contributed by atoms with Crippen molar-refractivity contribution in [2.24, 2.45) is 5.41 Å². The van der Waals surface area contributed by atoms with Gasteiger partial charge in [0.1, 0.15) is 11.6 Å². The minimum atomic E-state index is -1.21. The van der Waals surface area contributed by atoms with Crippen LogP contribution in [0.2, 0.25) is 0 Å². The summed E-state index contributed by atoms with van der Waals surface area (Å²) in [6.45, 7) is 11.3. The number of aryl methyl sites for hydroxylation is 2. The number of hydrogen-bond acceptors (Lipinski definition) is 3. The fourth-order valence-corrected chi connectivity index (χ4v) is 4.94. The maximum absolute atomic E-state index is 13.6. The third-order valence-corrected chi connectivity index (χ3v) is 6.44. The third-order valence-electron chi connectivity index (χ3n) is 5.02. The first kappa shape index (κ1) is 21.7. The number of fused-ring (bicyclic) bond motifs is 1. The Morgan fingerprint density at radius 3 is 2.48 bits per heavy atom. The van der Waals surface area contributed by atoms with E-state index in [1.165, 1.54) is 12.1 Å². The van der Waals surface area contributed by atoms with Crippen molar-refractivity contribution in [1.29, 1.82) is 0 Å². The van der Waals surface area contributed by atoms with Crippen molar-refractivity contribution < 1.29 is 13.7 Å². The van der Waals surface area contributed by atoms with Crippen LogP contribution < -0.4 is 10.2 Å². The largest absolute Gasteiger partial charge is 0.611 e. The van der Waals surface area contributed by atoms with Crippen molar-refractivity contribution >= 4 is 28.5 Å². The average molecular weight is 417 g/mol. The molecule has 29 heavy (non-hydrogen) atoms. The van der Waals surface area contributed by atoms with Crippen LogP contribution in [0.3, 0.4) is 0 Å². The molecule has 0 aromatic heterocycles. The lowest BCUT2D eigenvalue weighted by Crippen LogP contribution is -2.26. The summed E-state index contributed by atoms with van der Waals surface area (Å²) in [5.74, 6) is 0.115. The molecular formula is C23H29FN2O2S. The number of halogens is 1. The molecular weight excluding hydrogens is 387 g/mol. The molecule has 1 amide bonds. The lowest BCUT2D eigenvalue weighted by molar-refractivity contribution is -0.117. The van der Waals surface area contributed by atoms with Crippen molar-refractivity contribution in [3.05, 3.63) is 52.8 Å². The van der Waals surface area contributed by atoms with Gasteiger partial charge in [-0.25, -0.2) is 4.39 Å².